The summed E-state index contributed by atoms with van der Waals surface area (Å²) < 4.78 is 37.7. The monoisotopic (exact) mass is 484 g/mol. The highest BCUT2D eigenvalue weighted by Crippen LogP contribution is 2.45. The van der Waals surface area contributed by atoms with Crippen LogP contribution < -0.4 is 10.6 Å². The van der Waals surface area contributed by atoms with Crippen LogP contribution in [0.15, 0.2) is 6.07 Å². The van der Waals surface area contributed by atoms with E-state index in [0.29, 0.717) is 43.9 Å². The van der Waals surface area contributed by atoms with E-state index in [1.807, 2.05) is 0 Å². The molecule has 2 aliphatic carbocycles. The Balaban J connectivity index is 1.07. The molecule has 0 radical (unpaired) electrons. The number of nitrogens with zero attached hydrogens (tertiary/aromatic N) is 2. The lowest BCUT2D eigenvalue weighted by Crippen LogP contribution is -2.46. The van der Waals surface area contributed by atoms with Gasteiger partial charge in [0.25, 0.3) is 5.91 Å². The van der Waals surface area contributed by atoms with Gasteiger partial charge in [0.05, 0.1) is 11.4 Å². The Hall–Kier alpha value is -1.16. The molecule has 4 aliphatic rings. The molecule has 3 heterocycles. The van der Waals surface area contributed by atoms with Crippen molar-refractivity contribution in [3.8, 4) is 0 Å². The van der Waals surface area contributed by atoms with Crippen LogP contribution in [-0.2, 0) is 0 Å². The van der Waals surface area contributed by atoms with E-state index in [4.69, 9.17) is 0 Å². The van der Waals surface area contributed by atoms with Crippen molar-refractivity contribution in [1.29, 1.82) is 0 Å². The number of rotatable bonds is 7. The minimum Gasteiger partial charge on any atom is -0.349 e. The SMILES string of the molecule is Cc1sc(C(=O)NC2CCN(CC(F)(F)F)CC2)cc1C1CC1NC1CCN(C2CC2)CC1. The van der Waals surface area contributed by atoms with Gasteiger partial charge in [0.15, 0.2) is 0 Å². The highest BCUT2D eigenvalue weighted by molar-refractivity contribution is 7.14. The number of alkyl halides is 3. The summed E-state index contributed by atoms with van der Waals surface area (Å²) >= 11 is 1.54. The van der Waals surface area contributed by atoms with E-state index in [1.165, 1.54) is 54.1 Å². The number of halogens is 3. The first-order chi connectivity index (χ1) is 15.7. The van der Waals surface area contributed by atoms with E-state index in [0.717, 1.165) is 17.3 Å². The van der Waals surface area contributed by atoms with Crippen LogP contribution >= 0.6 is 11.3 Å². The first-order valence-corrected chi connectivity index (χ1v) is 13.3. The van der Waals surface area contributed by atoms with Crippen LogP contribution in [0.3, 0.4) is 0 Å². The lowest BCUT2D eigenvalue weighted by atomic mass is 10.0. The van der Waals surface area contributed by atoms with Gasteiger partial charge < -0.3 is 15.5 Å². The van der Waals surface area contributed by atoms with Gasteiger partial charge in [0.1, 0.15) is 0 Å². The number of thiophene rings is 1. The van der Waals surface area contributed by atoms with Crippen LogP contribution in [-0.4, -0.2) is 78.8 Å². The Labute approximate surface area is 198 Å². The van der Waals surface area contributed by atoms with E-state index in [2.05, 4.69) is 28.5 Å². The molecule has 4 fully saturated rings. The van der Waals surface area contributed by atoms with Crippen LogP contribution in [0.1, 0.15) is 71.0 Å². The van der Waals surface area contributed by atoms with Crippen LogP contribution in [0.2, 0.25) is 0 Å². The zero-order valence-electron chi connectivity index (χ0n) is 19.3. The lowest BCUT2D eigenvalue weighted by Gasteiger charge is -2.32. The Morgan fingerprint density at radius 1 is 1.06 bits per heavy atom. The van der Waals surface area contributed by atoms with E-state index >= 15 is 0 Å². The van der Waals surface area contributed by atoms with E-state index < -0.39 is 12.7 Å². The third-order valence-corrected chi connectivity index (χ3v) is 8.80. The van der Waals surface area contributed by atoms with Crippen molar-refractivity contribution < 1.29 is 18.0 Å². The summed E-state index contributed by atoms with van der Waals surface area (Å²) in [5, 5.41) is 6.92. The quantitative estimate of drug-likeness (QED) is 0.617. The number of piperidine rings is 2. The molecule has 1 aromatic rings. The van der Waals surface area contributed by atoms with Gasteiger partial charge >= 0.3 is 6.18 Å². The Morgan fingerprint density at radius 2 is 1.73 bits per heavy atom. The normalized spacial score (nSPS) is 28.2. The maximum atomic E-state index is 12.8. The average molecular weight is 485 g/mol. The van der Waals surface area contributed by atoms with Gasteiger partial charge in [-0.05, 0) is 76.6 Å². The van der Waals surface area contributed by atoms with Gasteiger partial charge in [0.2, 0.25) is 0 Å². The van der Waals surface area contributed by atoms with Crippen molar-refractivity contribution in [3.63, 3.8) is 0 Å². The molecule has 2 N–H and O–H groups in total. The summed E-state index contributed by atoms with van der Waals surface area (Å²) in [6.45, 7) is 4.41. The lowest BCUT2D eigenvalue weighted by molar-refractivity contribution is -0.148. The summed E-state index contributed by atoms with van der Waals surface area (Å²) in [5.41, 5.74) is 1.29. The standard InChI is InChI=1S/C24H35F3N4OS/c1-15-19(20-12-21(20)28-16-6-10-31(11-7-16)18-2-3-18)13-22(33-15)23(32)29-17-4-8-30(9-5-17)14-24(25,26)27/h13,16-18,20-21,28H,2-12,14H2,1H3,(H,29,32). The number of amides is 1. The first-order valence-electron chi connectivity index (χ1n) is 12.5. The molecule has 9 heteroatoms. The van der Waals surface area contributed by atoms with Gasteiger partial charge in [-0.2, -0.15) is 13.2 Å². The molecular formula is C24H35F3N4OS. The Kier molecular flexibility index (Phi) is 6.77. The topological polar surface area (TPSA) is 47.6 Å². The predicted octanol–water partition coefficient (Wildman–Crippen LogP) is 3.89. The minimum absolute atomic E-state index is 0.0512. The zero-order chi connectivity index (χ0) is 23.2. The molecule has 2 aliphatic heterocycles. The first kappa shape index (κ1) is 23.6. The molecule has 184 valence electrons. The number of carbonyl (C=O) groups is 1. The molecule has 2 atom stereocenters. The number of nitrogens with one attached hydrogen (secondary N) is 2. The Bertz CT molecular complexity index is 839. The van der Waals surface area contributed by atoms with Crippen molar-refractivity contribution in [2.24, 2.45) is 0 Å². The average Bonchev–Trinajstić information content (AvgIpc) is 3.69. The van der Waals surface area contributed by atoms with Crippen molar-refractivity contribution >= 4 is 17.2 Å². The molecule has 2 unspecified atom stereocenters. The zero-order valence-corrected chi connectivity index (χ0v) is 20.1. The second-order valence-corrected chi connectivity index (χ2v) is 11.7. The molecule has 5 rings (SSSR count). The molecule has 0 aromatic carbocycles. The molecule has 5 nitrogen and oxygen atoms in total. The van der Waals surface area contributed by atoms with Crippen LogP contribution in [0.25, 0.3) is 0 Å². The second kappa shape index (κ2) is 9.47. The van der Waals surface area contributed by atoms with Crippen molar-refractivity contribution in [1.82, 2.24) is 20.4 Å². The largest absolute Gasteiger partial charge is 0.401 e. The fourth-order valence-electron chi connectivity index (χ4n) is 5.62. The third kappa shape index (κ3) is 6.10. The number of likely N-dealkylation sites (tertiary alicyclic amines) is 2. The van der Waals surface area contributed by atoms with E-state index in [-0.39, 0.29) is 11.9 Å². The molecule has 0 bridgehead atoms. The predicted molar refractivity (Wildman–Crippen MR) is 124 cm³/mol. The maximum absolute atomic E-state index is 12.8. The Morgan fingerprint density at radius 3 is 2.36 bits per heavy atom. The van der Waals surface area contributed by atoms with Crippen LogP contribution in [0.4, 0.5) is 13.2 Å². The molecule has 2 saturated heterocycles. The van der Waals surface area contributed by atoms with Crippen LogP contribution in [0, 0.1) is 6.92 Å². The van der Waals surface area contributed by atoms with Gasteiger partial charge in [-0.25, -0.2) is 0 Å². The van der Waals surface area contributed by atoms with E-state index in [9.17, 15) is 18.0 Å². The second-order valence-electron chi connectivity index (χ2n) is 10.4. The van der Waals surface area contributed by atoms with Gasteiger partial charge in [-0.1, -0.05) is 0 Å². The van der Waals surface area contributed by atoms with Crippen molar-refractivity contribution in [3.05, 3.63) is 21.4 Å². The fourth-order valence-corrected chi connectivity index (χ4v) is 6.61. The van der Waals surface area contributed by atoms with Crippen molar-refractivity contribution in [2.45, 2.75) is 88.1 Å². The summed E-state index contributed by atoms with van der Waals surface area (Å²) in [7, 11) is 0. The number of carbonyl (C=O) groups excluding carboxylic acids is 1. The molecule has 0 spiro atoms. The van der Waals surface area contributed by atoms with Gasteiger partial charge in [-0.3, -0.25) is 9.69 Å². The summed E-state index contributed by atoms with van der Waals surface area (Å²) in [5.74, 6) is 0.413. The highest BCUT2D eigenvalue weighted by atomic mass is 32.1. The summed E-state index contributed by atoms with van der Waals surface area (Å²) in [6.07, 6.45) is 3.33. The smallest absolute Gasteiger partial charge is 0.349 e. The van der Waals surface area contributed by atoms with Crippen LogP contribution in [0.5, 0.6) is 0 Å². The molecule has 33 heavy (non-hydrogen) atoms. The molecule has 2 saturated carbocycles. The van der Waals surface area contributed by atoms with E-state index in [1.54, 1.807) is 11.3 Å². The van der Waals surface area contributed by atoms with Gasteiger partial charge in [-0.15, -0.1) is 11.3 Å². The molecular weight excluding hydrogens is 449 g/mol. The highest BCUT2D eigenvalue weighted by Gasteiger charge is 2.42. The number of hydrogen-bond acceptors (Lipinski definition) is 5. The van der Waals surface area contributed by atoms with Gasteiger partial charge in [0, 0.05) is 48.1 Å². The summed E-state index contributed by atoms with van der Waals surface area (Å²) in [6, 6.07) is 4.00. The minimum atomic E-state index is -4.16. The number of hydrogen-bond donors (Lipinski definition) is 2. The molecule has 1 amide bonds. The number of aryl methyl sites for hydroxylation is 1. The third-order valence-electron chi connectivity index (χ3n) is 7.74. The van der Waals surface area contributed by atoms with Crippen molar-refractivity contribution in [2.75, 3.05) is 32.7 Å². The summed E-state index contributed by atoms with van der Waals surface area (Å²) in [4.78, 5) is 18.8. The maximum Gasteiger partial charge on any atom is 0.401 e. The molecule has 1 aromatic heterocycles. The fraction of sp³-hybridized carbons (Fsp3) is 0.792.